The Labute approximate surface area is 150 Å². The highest BCUT2D eigenvalue weighted by Crippen LogP contribution is 2.26. The monoisotopic (exact) mass is 340 g/mol. The summed E-state index contributed by atoms with van der Waals surface area (Å²) in [7, 11) is 0. The van der Waals surface area contributed by atoms with Crippen LogP contribution in [0.3, 0.4) is 0 Å². The number of likely N-dealkylation sites (tertiary alicyclic amines) is 1. The number of nitrogens with zero attached hydrogens (tertiary/aromatic N) is 3. The Balaban J connectivity index is 1.48. The first-order chi connectivity index (χ1) is 12.2. The molecule has 5 heteroatoms. The molecule has 0 aliphatic carbocycles. The van der Waals surface area contributed by atoms with Gasteiger partial charge >= 0.3 is 0 Å². The van der Waals surface area contributed by atoms with Gasteiger partial charge in [0.1, 0.15) is 0 Å². The van der Waals surface area contributed by atoms with E-state index < -0.39 is 0 Å². The molecule has 2 aromatic rings. The van der Waals surface area contributed by atoms with Gasteiger partial charge in [0.05, 0.1) is 11.8 Å². The quantitative estimate of drug-likeness (QED) is 0.880. The predicted molar refractivity (Wildman–Crippen MR) is 99.8 cm³/mol. The highest BCUT2D eigenvalue weighted by molar-refractivity contribution is 5.95. The van der Waals surface area contributed by atoms with Gasteiger partial charge in [-0.05, 0) is 44.7 Å². The van der Waals surface area contributed by atoms with Crippen molar-refractivity contribution in [2.24, 2.45) is 0 Å². The maximum atomic E-state index is 12.3. The fourth-order valence-corrected chi connectivity index (χ4v) is 3.67. The van der Waals surface area contributed by atoms with Crippen molar-refractivity contribution in [2.75, 3.05) is 26.2 Å². The van der Waals surface area contributed by atoms with Gasteiger partial charge in [-0.25, -0.2) is 0 Å². The Morgan fingerprint density at radius 2 is 2.12 bits per heavy atom. The lowest BCUT2D eigenvalue weighted by atomic mass is 9.91. The molecule has 1 saturated heterocycles. The number of carbonyl (C=O) groups excluding carboxylic acids is 1. The van der Waals surface area contributed by atoms with Gasteiger partial charge in [0.25, 0.3) is 5.91 Å². The summed E-state index contributed by atoms with van der Waals surface area (Å²) in [4.78, 5) is 14.8. The van der Waals surface area contributed by atoms with E-state index in [1.54, 1.807) is 6.20 Å². The molecular formula is C20H28N4O. The van der Waals surface area contributed by atoms with E-state index in [4.69, 9.17) is 0 Å². The van der Waals surface area contributed by atoms with E-state index in [2.05, 4.69) is 45.6 Å². The SMILES string of the molecule is CCn1ncc(C(=O)NCCN2CCC[C@H](c3ccccc3)C2)c1C. The van der Waals surface area contributed by atoms with Crippen LogP contribution in [0.1, 0.15) is 47.3 Å². The molecule has 134 valence electrons. The largest absolute Gasteiger partial charge is 0.351 e. The topological polar surface area (TPSA) is 50.2 Å². The maximum Gasteiger partial charge on any atom is 0.254 e. The molecule has 0 spiro atoms. The summed E-state index contributed by atoms with van der Waals surface area (Å²) in [5, 5.41) is 7.29. The number of benzene rings is 1. The molecule has 1 aromatic carbocycles. The third-order valence-corrected chi connectivity index (χ3v) is 5.14. The summed E-state index contributed by atoms with van der Waals surface area (Å²) in [6.45, 7) is 8.53. The van der Waals surface area contributed by atoms with E-state index in [0.717, 1.165) is 31.9 Å². The number of carbonyl (C=O) groups is 1. The standard InChI is InChI=1S/C20H28N4O/c1-3-24-16(2)19(14-22-24)20(25)21-11-13-23-12-7-10-18(15-23)17-8-5-4-6-9-17/h4-6,8-9,14,18H,3,7,10-13,15H2,1-2H3,(H,21,25)/t18-/m0/s1. The van der Waals surface area contributed by atoms with Crippen LogP contribution in [-0.2, 0) is 6.54 Å². The van der Waals surface area contributed by atoms with Crippen LogP contribution in [0.4, 0.5) is 0 Å². The predicted octanol–water partition coefficient (Wildman–Crippen LogP) is 2.82. The van der Waals surface area contributed by atoms with Crippen molar-refractivity contribution in [3.63, 3.8) is 0 Å². The number of nitrogens with one attached hydrogen (secondary N) is 1. The molecule has 1 aromatic heterocycles. The zero-order valence-corrected chi connectivity index (χ0v) is 15.2. The zero-order valence-electron chi connectivity index (χ0n) is 15.2. The molecular weight excluding hydrogens is 312 g/mol. The molecule has 2 heterocycles. The minimum atomic E-state index is -0.0196. The molecule has 1 fully saturated rings. The summed E-state index contributed by atoms with van der Waals surface area (Å²) in [6.07, 6.45) is 4.14. The number of amides is 1. The van der Waals surface area contributed by atoms with E-state index in [1.807, 2.05) is 18.5 Å². The number of hydrogen-bond donors (Lipinski definition) is 1. The average Bonchev–Trinajstić information content (AvgIpc) is 3.03. The first-order valence-corrected chi connectivity index (χ1v) is 9.27. The van der Waals surface area contributed by atoms with Crippen molar-refractivity contribution in [3.8, 4) is 0 Å². The van der Waals surface area contributed by atoms with Crippen molar-refractivity contribution >= 4 is 5.91 Å². The average molecular weight is 340 g/mol. The summed E-state index contributed by atoms with van der Waals surface area (Å²) in [6, 6.07) is 10.8. The molecule has 0 saturated carbocycles. The van der Waals surface area contributed by atoms with Gasteiger partial charge in [-0.2, -0.15) is 5.10 Å². The fourth-order valence-electron chi connectivity index (χ4n) is 3.67. The minimum Gasteiger partial charge on any atom is -0.351 e. The van der Waals surface area contributed by atoms with Crippen LogP contribution >= 0.6 is 0 Å². The third-order valence-electron chi connectivity index (χ3n) is 5.14. The zero-order chi connectivity index (χ0) is 17.6. The van der Waals surface area contributed by atoms with E-state index in [9.17, 15) is 4.79 Å². The fraction of sp³-hybridized carbons (Fsp3) is 0.500. The normalized spacial score (nSPS) is 18.2. The molecule has 25 heavy (non-hydrogen) atoms. The summed E-state index contributed by atoms with van der Waals surface area (Å²) in [5.74, 6) is 0.588. The second-order valence-electron chi connectivity index (χ2n) is 6.77. The first kappa shape index (κ1) is 17.7. The first-order valence-electron chi connectivity index (χ1n) is 9.27. The molecule has 0 bridgehead atoms. The van der Waals surface area contributed by atoms with Crippen LogP contribution < -0.4 is 5.32 Å². The Hall–Kier alpha value is -2.14. The molecule has 3 rings (SSSR count). The highest BCUT2D eigenvalue weighted by Gasteiger charge is 2.21. The van der Waals surface area contributed by atoms with E-state index in [-0.39, 0.29) is 5.91 Å². The molecule has 0 radical (unpaired) electrons. The van der Waals surface area contributed by atoms with Crippen molar-refractivity contribution in [1.82, 2.24) is 20.0 Å². The Bertz CT molecular complexity index is 695. The van der Waals surface area contributed by atoms with Crippen LogP contribution in [0.2, 0.25) is 0 Å². The Morgan fingerprint density at radius 1 is 1.32 bits per heavy atom. The summed E-state index contributed by atoms with van der Waals surface area (Å²) >= 11 is 0. The smallest absolute Gasteiger partial charge is 0.254 e. The third kappa shape index (κ3) is 4.28. The van der Waals surface area contributed by atoms with Gasteiger partial charge in [-0.3, -0.25) is 9.48 Å². The second-order valence-corrected chi connectivity index (χ2v) is 6.77. The number of aryl methyl sites for hydroxylation is 1. The lowest BCUT2D eigenvalue weighted by Gasteiger charge is -2.33. The molecule has 1 aliphatic heterocycles. The van der Waals surface area contributed by atoms with Crippen molar-refractivity contribution in [1.29, 1.82) is 0 Å². The van der Waals surface area contributed by atoms with Crippen molar-refractivity contribution in [2.45, 2.75) is 39.2 Å². The molecule has 0 unspecified atom stereocenters. The van der Waals surface area contributed by atoms with E-state index in [1.165, 1.54) is 18.4 Å². The van der Waals surface area contributed by atoms with Crippen LogP contribution in [0.25, 0.3) is 0 Å². The number of aromatic nitrogens is 2. The van der Waals surface area contributed by atoms with Gasteiger partial charge in [-0.15, -0.1) is 0 Å². The van der Waals surface area contributed by atoms with Crippen LogP contribution in [0.5, 0.6) is 0 Å². The van der Waals surface area contributed by atoms with Gasteiger partial charge in [0, 0.05) is 31.9 Å². The van der Waals surface area contributed by atoms with Gasteiger partial charge in [-0.1, -0.05) is 30.3 Å². The molecule has 5 nitrogen and oxygen atoms in total. The van der Waals surface area contributed by atoms with Crippen molar-refractivity contribution in [3.05, 3.63) is 53.3 Å². The second kappa shape index (κ2) is 8.30. The lowest BCUT2D eigenvalue weighted by Crippen LogP contribution is -2.40. The maximum absolute atomic E-state index is 12.3. The van der Waals surface area contributed by atoms with Gasteiger partial charge in [0.2, 0.25) is 0 Å². The summed E-state index contributed by atoms with van der Waals surface area (Å²) in [5.41, 5.74) is 3.05. The summed E-state index contributed by atoms with van der Waals surface area (Å²) < 4.78 is 1.85. The van der Waals surface area contributed by atoms with Crippen molar-refractivity contribution < 1.29 is 4.79 Å². The number of piperidine rings is 1. The lowest BCUT2D eigenvalue weighted by molar-refractivity contribution is 0.0945. The molecule has 1 amide bonds. The van der Waals surface area contributed by atoms with E-state index in [0.29, 0.717) is 18.0 Å². The highest BCUT2D eigenvalue weighted by atomic mass is 16.1. The minimum absolute atomic E-state index is 0.0196. The Kier molecular flexibility index (Phi) is 5.87. The van der Waals surface area contributed by atoms with Crippen LogP contribution in [0.15, 0.2) is 36.5 Å². The number of hydrogen-bond acceptors (Lipinski definition) is 3. The van der Waals surface area contributed by atoms with Crippen LogP contribution in [-0.4, -0.2) is 46.8 Å². The Morgan fingerprint density at radius 3 is 2.84 bits per heavy atom. The van der Waals surface area contributed by atoms with Crippen LogP contribution in [0, 0.1) is 6.92 Å². The van der Waals surface area contributed by atoms with Gasteiger partial charge < -0.3 is 10.2 Å². The molecule has 1 atom stereocenters. The molecule has 1 aliphatic rings. The van der Waals surface area contributed by atoms with E-state index >= 15 is 0 Å². The number of rotatable bonds is 6. The van der Waals surface area contributed by atoms with Gasteiger partial charge in [0.15, 0.2) is 0 Å². The molecule has 1 N–H and O–H groups in total.